The van der Waals surface area contributed by atoms with Gasteiger partial charge in [-0.25, -0.2) is 0 Å². The molecule has 3 rings (SSSR count). The number of ether oxygens (including phenoxy) is 1. The van der Waals surface area contributed by atoms with Crippen LogP contribution in [0.4, 0.5) is 5.69 Å². The fourth-order valence-electron chi connectivity index (χ4n) is 3.52. The third-order valence-electron chi connectivity index (χ3n) is 4.53. The minimum absolute atomic E-state index is 0.108. The van der Waals surface area contributed by atoms with Crippen LogP contribution in [0, 0.1) is 0 Å². The summed E-state index contributed by atoms with van der Waals surface area (Å²) in [6.45, 7) is 0.827. The van der Waals surface area contributed by atoms with Crippen LogP contribution in [-0.2, 0) is 4.74 Å². The van der Waals surface area contributed by atoms with Crippen molar-refractivity contribution in [2.24, 2.45) is 5.73 Å². The maximum atomic E-state index is 11.2. The van der Waals surface area contributed by atoms with E-state index in [1.807, 2.05) is 18.2 Å². The van der Waals surface area contributed by atoms with E-state index in [-0.39, 0.29) is 11.5 Å². The van der Waals surface area contributed by atoms with E-state index < -0.39 is 0 Å². The first-order valence-corrected chi connectivity index (χ1v) is 7.47. The Morgan fingerprint density at radius 3 is 2.90 bits per heavy atom. The summed E-state index contributed by atoms with van der Waals surface area (Å²) in [6, 6.07) is 7.86. The van der Waals surface area contributed by atoms with Crippen LogP contribution in [0.3, 0.4) is 0 Å². The Morgan fingerprint density at radius 1 is 1.35 bits per heavy atom. The normalized spacial score (nSPS) is 24.7. The number of amides is 1. The summed E-state index contributed by atoms with van der Waals surface area (Å²) >= 11 is 0. The van der Waals surface area contributed by atoms with Crippen LogP contribution in [0.1, 0.15) is 48.9 Å². The molecular formula is C16H22N2O2. The predicted octanol–water partition coefficient (Wildman–Crippen LogP) is 2.69. The smallest absolute Gasteiger partial charge is 0.248 e. The zero-order valence-corrected chi connectivity index (χ0v) is 11.7. The Bertz CT molecular complexity index is 495. The maximum absolute atomic E-state index is 11.2. The number of anilines is 1. The van der Waals surface area contributed by atoms with Gasteiger partial charge in [0, 0.05) is 23.9 Å². The van der Waals surface area contributed by atoms with E-state index in [9.17, 15) is 4.79 Å². The Morgan fingerprint density at radius 2 is 2.15 bits per heavy atom. The summed E-state index contributed by atoms with van der Waals surface area (Å²) in [5, 5.41) is 3.54. The van der Waals surface area contributed by atoms with Gasteiger partial charge in [-0.1, -0.05) is 18.9 Å². The second-order valence-corrected chi connectivity index (χ2v) is 6.02. The number of rotatable bonds is 3. The van der Waals surface area contributed by atoms with E-state index in [0.717, 1.165) is 25.1 Å². The Labute approximate surface area is 119 Å². The van der Waals surface area contributed by atoms with Crippen molar-refractivity contribution >= 4 is 11.6 Å². The summed E-state index contributed by atoms with van der Waals surface area (Å²) in [4.78, 5) is 11.2. The van der Waals surface area contributed by atoms with E-state index in [1.165, 1.54) is 25.7 Å². The first-order valence-electron chi connectivity index (χ1n) is 7.47. The topological polar surface area (TPSA) is 64.4 Å². The highest BCUT2D eigenvalue weighted by Crippen LogP contribution is 2.40. The van der Waals surface area contributed by atoms with E-state index in [0.29, 0.717) is 11.6 Å². The monoisotopic (exact) mass is 274 g/mol. The highest BCUT2D eigenvalue weighted by Gasteiger charge is 2.39. The molecule has 1 saturated heterocycles. The number of benzene rings is 1. The zero-order chi connectivity index (χ0) is 14.0. The van der Waals surface area contributed by atoms with Gasteiger partial charge in [0.25, 0.3) is 0 Å². The van der Waals surface area contributed by atoms with Crippen molar-refractivity contribution in [1.82, 2.24) is 0 Å². The lowest BCUT2D eigenvalue weighted by atomic mass is 9.89. The average Bonchev–Trinajstić information content (AvgIpc) is 2.87. The molecule has 1 atom stereocenters. The minimum Gasteiger partial charge on any atom is -0.382 e. The molecule has 3 N–H and O–H groups in total. The van der Waals surface area contributed by atoms with E-state index in [1.54, 1.807) is 6.07 Å². The van der Waals surface area contributed by atoms with Gasteiger partial charge in [0.2, 0.25) is 5.91 Å². The summed E-state index contributed by atoms with van der Waals surface area (Å²) in [7, 11) is 0. The third-order valence-corrected chi connectivity index (χ3v) is 4.53. The number of carbonyl (C=O) groups excluding carboxylic acids is 1. The fraction of sp³-hybridized carbons (Fsp3) is 0.562. The van der Waals surface area contributed by atoms with Crippen LogP contribution in [0.2, 0.25) is 0 Å². The minimum atomic E-state index is -0.382. The summed E-state index contributed by atoms with van der Waals surface area (Å²) in [5.74, 6) is -0.382. The van der Waals surface area contributed by atoms with Crippen LogP contribution in [0.15, 0.2) is 24.3 Å². The highest BCUT2D eigenvalue weighted by atomic mass is 16.5. The lowest BCUT2D eigenvalue weighted by Crippen LogP contribution is -2.42. The standard InChI is InChI=1S/C16H22N2O2/c17-15(19)12-4-3-5-13(10-12)18-14-6-9-20-16(11-14)7-1-2-8-16/h3-5,10,14,18H,1-2,6-9,11H2,(H2,17,19). The van der Waals surface area contributed by atoms with Crippen LogP contribution in [0.5, 0.6) is 0 Å². The molecule has 1 aliphatic heterocycles. The van der Waals surface area contributed by atoms with Gasteiger partial charge >= 0.3 is 0 Å². The van der Waals surface area contributed by atoms with Gasteiger partial charge in [-0.15, -0.1) is 0 Å². The van der Waals surface area contributed by atoms with Crippen molar-refractivity contribution in [3.8, 4) is 0 Å². The Kier molecular flexibility index (Phi) is 3.66. The van der Waals surface area contributed by atoms with Crippen molar-refractivity contribution in [2.45, 2.75) is 50.2 Å². The van der Waals surface area contributed by atoms with E-state index in [4.69, 9.17) is 10.5 Å². The first kappa shape index (κ1) is 13.4. The molecule has 1 heterocycles. The SMILES string of the molecule is NC(=O)c1cccc(NC2CCOC3(CCCC3)C2)c1. The number of nitrogens with one attached hydrogen (secondary N) is 1. The molecule has 2 fully saturated rings. The lowest BCUT2D eigenvalue weighted by Gasteiger charge is -2.39. The molecule has 4 heteroatoms. The Hall–Kier alpha value is -1.55. The second-order valence-electron chi connectivity index (χ2n) is 6.02. The van der Waals surface area contributed by atoms with Crippen LogP contribution in [0.25, 0.3) is 0 Å². The van der Waals surface area contributed by atoms with Crippen molar-refractivity contribution in [3.63, 3.8) is 0 Å². The van der Waals surface area contributed by atoms with Crippen molar-refractivity contribution in [3.05, 3.63) is 29.8 Å². The molecule has 1 aromatic rings. The van der Waals surface area contributed by atoms with E-state index in [2.05, 4.69) is 5.32 Å². The fourth-order valence-corrected chi connectivity index (χ4v) is 3.52. The Balaban J connectivity index is 1.68. The van der Waals surface area contributed by atoms with Gasteiger partial charge < -0.3 is 15.8 Å². The van der Waals surface area contributed by atoms with Crippen molar-refractivity contribution < 1.29 is 9.53 Å². The quantitative estimate of drug-likeness (QED) is 0.890. The third kappa shape index (κ3) is 2.80. The van der Waals surface area contributed by atoms with Crippen molar-refractivity contribution in [2.75, 3.05) is 11.9 Å². The van der Waals surface area contributed by atoms with E-state index >= 15 is 0 Å². The summed E-state index contributed by atoms with van der Waals surface area (Å²) in [6.07, 6.45) is 7.02. The molecule has 2 aliphatic rings. The van der Waals surface area contributed by atoms with Gasteiger partial charge in [-0.2, -0.15) is 0 Å². The first-order chi connectivity index (χ1) is 9.67. The highest BCUT2D eigenvalue weighted by molar-refractivity contribution is 5.93. The molecule has 20 heavy (non-hydrogen) atoms. The molecule has 108 valence electrons. The molecular weight excluding hydrogens is 252 g/mol. The number of primary amides is 1. The summed E-state index contributed by atoms with van der Waals surface area (Å²) < 4.78 is 6.04. The molecule has 1 unspecified atom stereocenters. The van der Waals surface area contributed by atoms with Gasteiger partial charge in [0.1, 0.15) is 0 Å². The maximum Gasteiger partial charge on any atom is 0.248 e. The second kappa shape index (κ2) is 5.44. The molecule has 1 aliphatic carbocycles. The number of hydrogen-bond donors (Lipinski definition) is 2. The molecule has 4 nitrogen and oxygen atoms in total. The zero-order valence-electron chi connectivity index (χ0n) is 11.7. The largest absolute Gasteiger partial charge is 0.382 e. The molecule has 1 aromatic carbocycles. The van der Waals surface area contributed by atoms with Gasteiger partial charge in [0.05, 0.1) is 5.60 Å². The average molecular weight is 274 g/mol. The molecule has 0 radical (unpaired) electrons. The lowest BCUT2D eigenvalue weighted by molar-refractivity contribution is -0.0767. The van der Waals surface area contributed by atoms with Crippen LogP contribution in [-0.4, -0.2) is 24.2 Å². The van der Waals surface area contributed by atoms with Gasteiger partial charge in [-0.3, -0.25) is 4.79 Å². The van der Waals surface area contributed by atoms with Crippen LogP contribution >= 0.6 is 0 Å². The molecule has 0 bridgehead atoms. The molecule has 1 amide bonds. The summed E-state index contributed by atoms with van der Waals surface area (Å²) in [5.41, 5.74) is 6.96. The molecule has 1 spiro atoms. The number of carbonyl (C=O) groups is 1. The molecule has 1 saturated carbocycles. The van der Waals surface area contributed by atoms with Gasteiger partial charge in [0.15, 0.2) is 0 Å². The number of nitrogens with two attached hydrogens (primary N) is 1. The van der Waals surface area contributed by atoms with Crippen molar-refractivity contribution in [1.29, 1.82) is 0 Å². The van der Waals surface area contributed by atoms with Crippen LogP contribution < -0.4 is 11.1 Å². The predicted molar refractivity (Wildman–Crippen MR) is 78.8 cm³/mol. The number of hydrogen-bond acceptors (Lipinski definition) is 3. The van der Waals surface area contributed by atoms with Gasteiger partial charge in [-0.05, 0) is 43.9 Å². The molecule has 0 aromatic heterocycles.